The molecule has 7 atom stereocenters. The maximum Gasteiger partial charge on any atom is 0.425 e. The van der Waals surface area contributed by atoms with Crippen molar-refractivity contribution in [2.75, 3.05) is 27.2 Å². The number of likely N-dealkylation sites (N-methyl/N-ethyl adjacent to an activating group) is 1. The van der Waals surface area contributed by atoms with Crippen molar-refractivity contribution in [1.82, 2.24) is 5.32 Å². The van der Waals surface area contributed by atoms with Crippen LogP contribution in [-0.2, 0) is 30.2 Å². The van der Waals surface area contributed by atoms with Crippen molar-refractivity contribution in [3.05, 3.63) is 101 Å². The van der Waals surface area contributed by atoms with E-state index in [1.54, 1.807) is 12.1 Å². The lowest BCUT2D eigenvalue weighted by Crippen LogP contribution is -2.72. The minimum absolute atomic E-state index is 0.0422. The number of carbonyl (C=O) groups is 2. The van der Waals surface area contributed by atoms with E-state index in [9.17, 15) is 22.8 Å². The number of hydrogen-bond acceptors (Lipinski definition) is 5. The fourth-order valence-electron chi connectivity index (χ4n) is 9.90. The highest BCUT2D eigenvalue weighted by atomic mass is 19.4. The SMILES string of the molecule is COC1=CC=C2C[C@@H]3[C@@H]4CCC[C@@H]5OC1(NC(=O)C(=C(OC(C)=O)c1ccccc1)C(F)(F)F)C2[C@@]54CC[N+]3(C)CCc1ccccc1. The van der Waals surface area contributed by atoms with Crippen molar-refractivity contribution in [3.8, 4) is 0 Å². The van der Waals surface area contributed by atoms with Gasteiger partial charge in [0.15, 0.2) is 11.3 Å². The van der Waals surface area contributed by atoms with Gasteiger partial charge in [-0.2, -0.15) is 13.2 Å². The van der Waals surface area contributed by atoms with Crippen LogP contribution in [0.2, 0.25) is 0 Å². The number of carbonyl (C=O) groups excluding carboxylic acids is 2. The number of piperidine rings is 1. The van der Waals surface area contributed by atoms with Crippen molar-refractivity contribution in [2.24, 2.45) is 17.3 Å². The van der Waals surface area contributed by atoms with Gasteiger partial charge in [-0.05, 0) is 24.5 Å². The Morgan fingerprint density at radius 2 is 1.75 bits per heavy atom. The zero-order chi connectivity index (χ0) is 33.9. The molecule has 2 aliphatic heterocycles. The minimum atomic E-state index is -5.15. The Hall–Kier alpha value is -3.89. The van der Waals surface area contributed by atoms with Gasteiger partial charge in [0, 0.05) is 49.0 Å². The van der Waals surface area contributed by atoms with Gasteiger partial charge >= 0.3 is 12.1 Å². The van der Waals surface area contributed by atoms with Crippen LogP contribution in [0, 0.1) is 17.3 Å². The number of hydrogen-bond donors (Lipinski definition) is 1. The molecule has 48 heavy (non-hydrogen) atoms. The molecule has 7 nitrogen and oxygen atoms in total. The number of rotatable bonds is 8. The molecule has 7 rings (SSSR count). The molecular formula is C38H42F3N2O5+. The molecule has 1 spiro atoms. The molecule has 254 valence electrons. The van der Waals surface area contributed by atoms with Gasteiger partial charge in [0.05, 0.1) is 39.4 Å². The average Bonchev–Trinajstić information content (AvgIpc) is 3.35. The van der Waals surface area contributed by atoms with Crippen molar-refractivity contribution < 1.29 is 41.5 Å². The number of quaternary nitrogens is 1. The zero-order valence-corrected chi connectivity index (χ0v) is 27.5. The summed E-state index contributed by atoms with van der Waals surface area (Å²) in [6, 6.07) is 18.2. The summed E-state index contributed by atoms with van der Waals surface area (Å²) in [6.45, 7) is 2.91. The smallest absolute Gasteiger partial charge is 0.425 e. The first-order valence-corrected chi connectivity index (χ1v) is 16.8. The standard InChI is InChI=1S/C38H41F3N2O5/c1-24(44)47-33(26-13-8-5-9-14-26)32(38(39,40)41)35(45)42-37-31(46-3)18-17-27-23-29-28-15-10-16-30(48-37)36(28,34(27)37)20-22-43(29,2)21-19-25-11-6-4-7-12-25/h4-9,11-14,17-18,28-30,34H,10,15-16,19-23H2,1-3H3/p+1/t28-,29+,30-,34?,36+,37?,43?/m0/s1. The molecule has 10 heteroatoms. The highest BCUT2D eigenvalue weighted by Gasteiger charge is 2.76. The Balaban J connectivity index is 1.30. The molecule has 2 saturated carbocycles. The van der Waals surface area contributed by atoms with Gasteiger partial charge in [0.25, 0.3) is 5.91 Å². The number of nitrogens with one attached hydrogen (secondary N) is 1. The second-order valence-electron chi connectivity index (χ2n) is 14.2. The van der Waals surface area contributed by atoms with Crippen molar-refractivity contribution in [1.29, 1.82) is 0 Å². The largest absolute Gasteiger partial charge is 0.496 e. The summed E-state index contributed by atoms with van der Waals surface area (Å²) in [5.41, 5.74) is -1.28. The lowest BCUT2D eigenvalue weighted by Gasteiger charge is -2.64. The highest BCUT2D eigenvalue weighted by molar-refractivity contribution is 6.03. The van der Waals surface area contributed by atoms with Crippen LogP contribution in [0.1, 0.15) is 50.2 Å². The van der Waals surface area contributed by atoms with Gasteiger partial charge in [-0.15, -0.1) is 0 Å². The second kappa shape index (κ2) is 11.9. The first kappa shape index (κ1) is 32.6. The summed E-state index contributed by atoms with van der Waals surface area (Å²) in [5, 5.41) is 2.76. The third-order valence-electron chi connectivity index (χ3n) is 11.8. The number of alkyl halides is 3. The monoisotopic (exact) mass is 663 g/mol. The van der Waals surface area contributed by atoms with E-state index in [-0.39, 0.29) is 28.8 Å². The molecule has 1 amide bonds. The van der Waals surface area contributed by atoms with Crippen LogP contribution in [0.15, 0.2) is 89.7 Å². The molecule has 4 fully saturated rings. The van der Waals surface area contributed by atoms with E-state index in [0.29, 0.717) is 6.04 Å². The van der Waals surface area contributed by atoms with Gasteiger partial charge in [0.2, 0.25) is 5.72 Å². The maximum absolute atomic E-state index is 14.9. The van der Waals surface area contributed by atoms with Gasteiger partial charge in [0.1, 0.15) is 5.76 Å². The number of halogens is 3. The molecule has 2 bridgehead atoms. The molecule has 2 aromatic carbocycles. The van der Waals surface area contributed by atoms with Crippen molar-refractivity contribution in [2.45, 2.75) is 69.5 Å². The molecule has 2 heterocycles. The Morgan fingerprint density at radius 1 is 1.04 bits per heavy atom. The lowest BCUT2D eigenvalue weighted by atomic mass is 9.46. The van der Waals surface area contributed by atoms with E-state index >= 15 is 0 Å². The van der Waals surface area contributed by atoms with E-state index < -0.39 is 41.0 Å². The molecule has 3 unspecified atom stereocenters. The summed E-state index contributed by atoms with van der Waals surface area (Å²) in [4.78, 5) is 26.3. The predicted molar refractivity (Wildman–Crippen MR) is 172 cm³/mol. The number of amides is 1. The van der Waals surface area contributed by atoms with E-state index in [2.05, 4.69) is 36.6 Å². The topological polar surface area (TPSA) is 73.9 Å². The summed E-state index contributed by atoms with van der Waals surface area (Å²) in [7, 11) is 3.81. The molecule has 0 aromatic heterocycles. The van der Waals surface area contributed by atoms with Crippen LogP contribution in [-0.4, -0.2) is 67.7 Å². The van der Waals surface area contributed by atoms with Crippen LogP contribution < -0.4 is 5.32 Å². The number of nitrogens with zero attached hydrogens (tertiary/aromatic N) is 1. The van der Waals surface area contributed by atoms with Crippen LogP contribution >= 0.6 is 0 Å². The molecule has 0 radical (unpaired) electrons. The fraction of sp³-hybridized carbons (Fsp3) is 0.474. The predicted octanol–water partition coefficient (Wildman–Crippen LogP) is 6.47. The minimum Gasteiger partial charge on any atom is -0.496 e. The average molecular weight is 664 g/mol. The molecule has 1 N–H and O–H groups in total. The Labute approximate surface area is 279 Å². The van der Waals surface area contributed by atoms with E-state index in [4.69, 9.17) is 14.2 Å². The number of benzene rings is 2. The molecule has 2 saturated heterocycles. The zero-order valence-electron chi connectivity index (χ0n) is 27.5. The number of ether oxygens (including phenoxy) is 3. The van der Waals surface area contributed by atoms with E-state index in [1.165, 1.54) is 36.9 Å². The second-order valence-corrected chi connectivity index (χ2v) is 14.2. The number of methoxy groups -OCH3 is 1. The Morgan fingerprint density at radius 3 is 2.42 bits per heavy atom. The first-order chi connectivity index (χ1) is 22.9. The molecule has 2 aromatic rings. The third kappa shape index (κ3) is 5.10. The Bertz CT molecular complexity index is 1690. The summed E-state index contributed by atoms with van der Waals surface area (Å²) >= 11 is 0. The molecular weight excluding hydrogens is 621 g/mol. The third-order valence-corrected chi connectivity index (χ3v) is 11.8. The quantitative estimate of drug-likeness (QED) is 0.152. The number of likely N-dealkylation sites (tertiary alicyclic amines) is 1. The van der Waals surface area contributed by atoms with Gasteiger partial charge in [-0.1, -0.05) is 78.7 Å². The number of esters is 1. The van der Waals surface area contributed by atoms with E-state index in [1.807, 2.05) is 12.1 Å². The number of allylic oxidation sites excluding steroid dienone is 2. The summed E-state index contributed by atoms with van der Waals surface area (Å²) in [6.07, 6.45) is 3.59. The van der Waals surface area contributed by atoms with Crippen LogP contribution in [0.3, 0.4) is 0 Å². The van der Waals surface area contributed by atoms with Gasteiger partial charge in [-0.3, -0.25) is 9.59 Å². The van der Waals surface area contributed by atoms with E-state index in [0.717, 1.165) is 68.6 Å². The summed E-state index contributed by atoms with van der Waals surface area (Å²) in [5.74, 6) is -3.11. The summed E-state index contributed by atoms with van der Waals surface area (Å²) < 4.78 is 63.7. The molecule has 5 aliphatic rings. The van der Waals surface area contributed by atoms with Gasteiger partial charge in [-0.25, -0.2) is 0 Å². The van der Waals surface area contributed by atoms with Crippen LogP contribution in [0.25, 0.3) is 5.76 Å². The van der Waals surface area contributed by atoms with Crippen LogP contribution in [0.5, 0.6) is 0 Å². The maximum atomic E-state index is 14.9. The molecule has 3 aliphatic carbocycles. The first-order valence-electron chi connectivity index (χ1n) is 16.8. The Kier molecular flexibility index (Phi) is 8.10. The van der Waals surface area contributed by atoms with Crippen molar-refractivity contribution >= 4 is 17.6 Å². The lowest BCUT2D eigenvalue weighted by molar-refractivity contribution is -0.946. The van der Waals surface area contributed by atoms with Crippen LogP contribution in [0.4, 0.5) is 13.2 Å². The highest BCUT2D eigenvalue weighted by Crippen LogP contribution is 2.70. The van der Waals surface area contributed by atoms with Gasteiger partial charge < -0.3 is 24.0 Å². The fourth-order valence-corrected chi connectivity index (χ4v) is 9.90. The van der Waals surface area contributed by atoms with Crippen molar-refractivity contribution in [3.63, 3.8) is 0 Å². The normalized spacial score (nSPS) is 33.8.